The molecule has 0 saturated carbocycles. The van der Waals surface area contributed by atoms with Crippen LogP contribution in [0.5, 0.6) is 0 Å². The minimum Gasteiger partial charge on any atom is -0.281 e. The summed E-state index contributed by atoms with van der Waals surface area (Å²) in [7, 11) is 0. The maximum Gasteiger partial charge on any atom is 0.0698 e. The molecule has 2 rings (SSSR count). The average molecular weight is 266 g/mol. The number of nitrogens with zero attached hydrogens (tertiary/aromatic N) is 2. The van der Waals surface area contributed by atoms with Crippen LogP contribution in [0.2, 0.25) is 0 Å². The Labute approximate surface area is 121 Å². The van der Waals surface area contributed by atoms with E-state index in [-0.39, 0.29) is 0 Å². The molecule has 0 amide bonds. The molecule has 1 aromatic heterocycles. The van der Waals surface area contributed by atoms with E-state index in [1.807, 2.05) is 19.1 Å². The number of hydrogen-bond donors (Lipinski definition) is 0. The smallest absolute Gasteiger partial charge is 0.0698 e. The molecule has 0 unspecified atom stereocenters. The summed E-state index contributed by atoms with van der Waals surface area (Å²) in [6.07, 6.45) is 11.3. The molecular weight excluding hydrogens is 244 g/mol. The van der Waals surface area contributed by atoms with Gasteiger partial charge in [-0.3, -0.25) is 9.69 Å². The quantitative estimate of drug-likeness (QED) is 0.692. The van der Waals surface area contributed by atoms with Crippen molar-refractivity contribution < 1.29 is 0 Å². The summed E-state index contributed by atoms with van der Waals surface area (Å²) in [5, 5.41) is 3.54. The molecule has 0 fully saturated rings. The average Bonchev–Trinajstić information content (AvgIpc) is 2.88. The maximum absolute atomic E-state index is 3.82. The lowest BCUT2D eigenvalue weighted by atomic mass is 10.2. The molecule has 0 aliphatic carbocycles. The minimum absolute atomic E-state index is 0.961. The second-order valence-corrected chi connectivity index (χ2v) is 4.67. The van der Waals surface area contributed by atoms with Gasteiger partial charge in [0.25, 0.3) is 0 Å². The monoisotopic (exact) mass is 266 g/mol. The van der Waals surface area contributed by atoms with Crippen molar-refractivity contribution in [3.63, 3.8) is 0 Å². The van der Waals surface area contributed by atoms with Crippen LogP contribution in [0, 0.1) is 0 Å². The Morgan fingerprint density at radius 3 is 2.80 bits per heavy atom. The highest BCUT2D eigenvalue weighted by atomic mass is 15.5. The van der Waals surface area contributed by atoms with Gasteiger partial charge in [0, 0.05) is 18.1 Å². The number of allylic oxidation sites excluding steroid dienone is 4. The van der Waals surface area contributed by atoms with Crippen LogP contribution < -0.4 is 5.01 Å². The Morgan fingerprint density at radius 1 is 1.30 bits per heavy atom. The molecular formula is C18H22N2. The van der Waals surface area contributed by atoms with Crippen LogP contribution in [0.1, 0.15) is 20.3 Å². The van der Waals surface area contributed by atoms with E-state index in [1.54, 1.807) is 0 Å². The van der Waals surface area contributed by atoms with E-state index in [4.69, 9.17) is 0 Å². The van der Waals surface area contributed by atoms with Crippen LogP contribution >= 0.6 is 0 Å². The Bertz CT molecular complexity index is 632. The molecule has 2 nitrogen and oxygen atoms in total. The Hall–Kier alpha value is -2.22. The van der Waals surface area contributed by atoms with Gasteiger partial charge in [-0.05, 0) is 37.6 Å². The fraction of sp³-hybridized carbons (Fsp3) is 0.222. The van der Waals surface area contributed by atoms with Crippen molar-refractivity contribution in [2.45, 2.75) is 20.3 Å². The zero-order valence-corrected chi connectivity index (χ0v) is 12.3. The SMILES string of the molecule is C=C/C=C(\C=C/C)N(CCC)n1ccc2ccccc21. The van der Waals surface area contributed by atoms with Crippen LogP contribution in [-0.4, -0.2) is 11.2 Å². The van der Waals surface area contributed by atoms with Crippen molar-refractivity contribution in [3.8, 4) is 0 Å². The molecule has 0 aliphatic heterocycles. The van der Waals surface area contributed by atoms with Crippen molar-refractivity contribution in [3.05, 3.63) is 73.1 Å². The first-order valence-electron chi connectivity index (χ1n) is 7.11. The topological polar surface area (TPSA) is 8.17 Å². The normalized spacial score (nSPS) is 12.2. The van der Waals surface area contributed by atoms with E-state index >= 15 is 0 Å². The number of para-hydroxylation sites is 1. The Morgan fingerprint density at radius 2 is 2.10 bits per heavy atom. The molecule has 2 aromatic rings. The van der Waals surface area contributed by atoms with Crippen molar-refractivity contribution >= 4 is 10.9 Å². The second-order valence-electron chi connectivity index (χ2n) is 4.67. The summed E-state index contributed by atoms with van der Waals surface area (Å²) in [6, 6.07) is 10.6. The summed E-state index contributed by atoms with van der Waals surface area (Å²) in [6.45, 7) is 9.01. The summed E-state index contributed by atoms with van der Waals surface area (Å²) in [5.41, 5.74) is 2.37. The van der Waals surface area contributed by atoms with Crippen LogP contribution in [0.15, 0.2) is 73.1 Å². The molecule has 0 bridgehead atoms. The van der Waals surface area contributed by atoms with Crippen LogP contribution in [-0.2, 0) is 0 Å². The molecule has 0 radical (unpaired) electrons. The standard InChI is InChI=1S/C18H22N2/c1-4-9-17(10-5-2)19(14-6-3)20-15-13-16-11-7-8-12-18(16)20/h4-5,7-13,15H,1,6,14H2,2-3H3/b10-5-,17-9+. The fourth-order valence-electron chi connectivity index (χ4n) is 2.37. The molecule has 1 heterocycles. The number of fused-ring (bicyclic) bond motifs is 1. The number of hydrogen-bond acceptors (Lipinski definition) is 1. The predicted molar refractivity (Wildman–Crippen MR) is 88.4 cm³/mol. The van der Waals surface area contributed by atoms with Crippen LogP contribution in [0.25, 0.3) is 10.9 Å². The first kappa shape index (κ1) is 14.2. The lowest BCUT2D eigenvalue weighted by molar-refractivity contribution is 0.670. The van der Waals surface area contributed by atoms with Gasteiger partial charge in [0.05, 0.1) is 11.2 Å². The first-order valence-corrected chi connectivity index (χ1v) is 7.11. The van der Waals surface area contributed by atoms with Crippen molar-refractivity contribution in [1.82, 2.24) is 4.68 Å². The lowest BCUT2D eigenvalue weighted by Gasteiger charge is -2.27. The number of aromatic nitrogens is 1. The van der Waals surface area contributed by atoms with E-state index in [0.29, 0.717) is 0 Å². The lowest BCUT2D eigenvalue weighted by Crippen LogP contribution is -2.33. The predicted octanol–water partition coefficient (Wildman–Crippen LogP) is 4.64. The molecule has 0 N–H and O–H groups in total. The van der Waals surface area contributed by atoms with Gasteiger partial charge in [0.1, 0.15) is 0 Å². The van der Waals surface area contributed by atoms with E-state index in [2.05, 4.69) is 71.9 Å². The van der Waals surface area contributed by atoms with E-state index < -0.39 is 0 Å². The van der Waals surface area contributed by atoms with Gasteiger partial charge in [0.2, 0.25) is 0 Å². The zero-order valence-electron chi connectivity index (χ0n) is 12.3. The van der Waals surface area contributed by atoms with E-state index in [1.165, 1.54) is 10.9 Å². The molecule has 0 atom stereocenters. The summed E-state index contributed by atoms with van der Waals surface area (Å²) in [4.78, 5) is 0. The summed E-state index contributed by atoms with van der Waals surface area (Å²) < 4.78 is 2.22. The Balaban J connectivity index is 2.52. The molecule has 0 aliphatic rings. The largest absolute Gasteiger partial charge is 0.281 e. The van der Waals surface area contributed by atoms with Gasteiger partial charge in [-0.1, -0.05) is 43.9 Å². The first-order chi connectivity index (χ1) is 9.81. The van der Waals surface area contributed by atoms with Crippen LogP contribution in [0.4, 0.5) is 0 Å². The molecule has 104 valence electrons. The maximum atomic E-state index is 3.82. The molecule has 1 aromatic carbocycles. The third-order valence-electron chi connectivity index (χ3n) is 3.20. The highest BCUT2D eigenvalue weighted by molar-refractivity contribution is 5.80. The fourth-order valence-corrected chi connectivity index (χ4v) is 2.37. The van der Waals surface area contributed by atoms with Gasteiger partial charge in [0.15, 0.2) is 0 Å². The van der Waals surface area contributed by atoms with E-state index in [9.17, 15) is 0 Å². The van der Waals surface area contributed by atoms with Gasteiger partial charge >= 0.3 is 0 Å². The molecule has 2 heteroatoms. The van der Waals surface area contributed by atoms with Gasteiger partial charge in [-0.15, -0.1) is 0 Å². The number of benzene rings is 1. The molecule has 20 heavy (non-hydrogen) atoms. The van der Waals surface area contributed by atoms with Crippen LogP contribution in [0.3, 0.4) is 0 Å². The van der Waals surface area contributed by atoms with Crippen molar-refractivity contribution in [2.24, 2.45) is 0 Å². The van der Waals surface area contributed by atoms with Gasteiger partial charge in [-0.2, -0.15) is 0 Å². The third kappa shape index (κ3) is 2.85. The molecule has 0 spiro atoms. The number of rotatable bonds is 6. The third-order valence-corrected chi connectivity index (χ3v) is 3.20. The highest BCUT2D eigenvalue weighted by Gasteiger charge is 2.10. The van der Waals surface area contributed by atoms with Crippen molar-refractivity contribution in [1.29, 1.82) is 0 Å². The highest BCUT2D eigenvalue weighted by Crippen LogP contribution is 2.18. The van der Waals surface area contributed by atoms with Gasteiger partial charge in [-0.25, -0.2) is 0 Å². The Kier molecular flexibility index (Phi) is 4.83. The second kappa shape index (κ2) is 6.80. The van der Waals surface area contributed by atoms with Crippen molar-refractivity contribution in [2.75, 3.05) is 11.6 Å². The summed E-state index contributed by atoms with van der Waals surface area (Å²) >= 11 is 0. The minimum atomic E-state index is 0.961. The van der Waals surface area contributed by atoms with E-state index in [0.717, 1.165) is 18.7 Å². The molecule has 0 saturated heterocycles. The van der Waals surface area contributed by atoms with Gasteiger partial charge < -0.3 is 0 Å². The zero-order chi connectivity index (χ0) is 14.4. The summed E-state index contributed by atoms with van der Waals surface area (Å²) in [5.74, 6) is 0.